The van der Waals surface area contributed by atoms with Gasteiger partial charge in [-0.15, -0.1) is 0 Å². The summed E-state index contributed by atoms with van der Waals surface area (Å²) in [5.41, 5.74) is 1.44. The maximum atomic E-state index is 12.6. The van der Waals surface area contributed by atoms with Gasteiger partial charge in [-0.3, -0.25) is 9.59 Å². The highest BCUT2D eigenvalue weighted by Gasteiger charge is 2.16. The molecule has 1 unspecified atom stereocenters. The van der Waals surface area contributed by atoms with E-state index in [1.165, 1.54) is 0 Å². The van der Waals surface area contributed by atoms with Gasteiger partial charge in [-0.2, -0.15) is 0 Å². The van der Waals surface area contributed by atoms with E-state index in [1.54, 1.807) is 48.5 Å². The Morgan fingerprint density at radius 1 is 1.10 bits per heavy atom. The van der Waals surface area contributed by atoms with Crippen molar-refractivity contribution < 1.29 is 19.1 Å². The van der Waals surface area contributed by atoms with E-state index < -0.39 is 0 Å². The number of amides is 2. The number of para-hydroxylation sites is 1. The van der Waals surface area contributed by atoms with Gasteiger partial charge in [0.05, 0.1) is 17.4 Å². The van der Waals surface area contributed by atoms with E-state index >= 15 is 0 Å². The Balaban J connectivity index is 1.59. The van der Waals surface area contributed by atoms with Crippen LogP contribution >= 0.6 is 0 Å². The molecular weight excluding hydrogens is 368 g/mol. The molecule has 0 bridgehead atoms. The lowest BCUT2D eigenvalue weighted by molar-refractivity contribution is 0.0679. The number of ether oxygens (including phenoxy) is 2. The topological polar surface area (TPSA) is 76.7 Å². The molecule has 1 aliphatic heterocycles. The van der Waals surface area contributed by atoms with Crippen LogP contribution in [0, 0.1) is 0 Å². The minimum Gasteiger partial charge on any atom is -0.491 e. The van der Waals surface area contributed by atoms with Crippen LogP contribution in [0.25, 0.3) is 0 Å². The summed E-state index contributed by atoms with van der Waals surface area (Å²) >= 11 is 0. The molecule has 29 heavy (non-hydrogen) atoms. The fourth-order valence-electron chi connectivity index (χ4n) is 3.13. The molecule has 0 aromatic heterocycles. The van der Waals surface area contributed by atoms with E-state index in [4.69, 9.17) is 9.47 Å². The smallest absolute Gasteiger partial charge is 0.255 e. The molecule has 0 spiro atoms. The predicted molar refractivity (Wildman–Crippen MR) is 113 cm³/mol. The molecule has 154 valence electrons. The molecule has 1 fully saturated rings. The second-order valence-corrected chi connectivity index (χ2v) is 7.08. The average Bonchev–Trinajstić information content (AvgIpc) is 3.27. The Labute approximate surface area is 171 Å². The fraction of sp³-hybridized carbons (Fsp3) is 0.391. The number of nitrogens with one attached hydrogen (secondary N) is 2. The summed E-state index contributed by atoms with van der Waals surface area (Å²) in [6.07, 6.45) is 4.17. The van der Waals surface area contributed by atoms with Gasteiger partial charge in [0.25, 0.3) is 11.8 Å². The third-order valence-corrected chi connectivity index (χ3v) is 4.81. The average molecular weight is 396 g/mol. The molecular formula is C23H28N2O4. The molecule has 0 saturated carbocycles. The fourth-order valence-corrected chi connectivity index (χ4v) is 3.13. The van der Waals surface area contributed by atoms with Gasteiger partial charge >= 0.3 is 0 Å². The number of carbonyl (C=O) groups excluding carboxylic acids is 2. The highest BCUT2D eigenvalue weighted by molar-refractivity contribution is 6.09. The van der Waals surface area contributed by atoms with Gasteiger partial charge in [-0.1, -0.05) is 25.5 Å². The van der Waals surface area contributed by atoms with Gasteiger partial charge in [0.2, 0.25) is 0 Å². The minimum atomic E-state index is -0.274. The second kappa shape index (κ2) is 10.6. The van der Waals surface area contributed by atoms with E-state index in [0.29, 0.717) is 35.7 Å². The van der Waals surface area contributed by atoms with Crippen molar-refractivity contribution in [2.24, 2.45) is 0 Å². The third-order valence-electron chi connectivity index (χ3n) is 4.81. The molecule has 1 saturated heterocycles. The zero-order valence-corrected chi connectivity index (χ0v) is 16.8. The Bertz CT molecular complexity index is 814. The lowest BCUT2D eigenvalue weighted by Crippen LogP contribution is -2.26. The van der Waals surface area contributed by atoms with Crippen LogP contribution in [0.5, 0.6) is 5.75 Å². The molecule has 1 atom stereocenters. The summed E-state index contributed by atoms with van der Waals surface area (Å²) < 4.78 is 11.3. The number of hydrogen-bond acceptors (Lipinski definition) is 4. The lowest BCUT2D eigenvalue weighted by Gasteiger charge is -2.13. The summed E-state index contributed by atoms with van der Waals surface area (Å²) in [5.74, 6) is 0.240. The summed E-state index contributed by atoms with van der Waals surface area (Å²) in [6.45, 7) is 4.00. The van der Waals surface area contributed by atoms with Crippen LogP contribution in [0.3, 0.4) is 0 Å². The highest BCUT2D eigenvalue weighted by Crippen LogP contribution is 2.19. The van der Waals surface area contributed by atoms with Crippen LogP contribution in [-0.2, 0) is 4.74 Å². The Morgan fingerprint density at radius 2 is 1.90 bits per heavy atom. The van der Waals surface area contributed by atoms with Gasteiger partial charge in [0.1, 0.15) is 12.4 Å². The maximum absolute atomic E-state index is 12.6. The molecule has 3 rings (SSSR count). The van der Waals surface area contributed by atoms with Crippen molar-refractivity contribution in [3.63, 3.8) is 0 Å². The van der Waals surface area contributed by atoms with E-state index in [1.807, 2.05) is 0 Å². The van der Waals surface area contributed by atoms with Crippen LogP contribution in [0.1, 0.15) is 53.3 Å². The maximum Gasteiger partial charge on any atom is 0.255 e. The number of benzene rings is 2. The monoisotopic (exact) mass is 396 g/mol. The van der Waals surface area contributed by atoms with Crippen molar-refractivity contribution >= 4 is 17.5 Å². The van der Waals surface area contributed by atoms with Crippen molar-refractivity contribution in [2.75, 3.05) is 25.1 Å². The van der Waals surface area contributed by atoms with Gasteiger partial charge < -0.3 is 20.1 Å². The molecule has 2 aromatic rings. The Kier molecular flexibility index (Phi) is 7.64. The molecule has 1 aliphatic rings. The zero-order valence-electron chi connectivity index (χ0n) is 16.8. The van der Waals surface area contributed by atoms with Crippen LogP contribution < -0.4 is 15.4 Å². The summed E-state index contributed by atoms with van der Waals surface area (Å²) in [6, 6.07) is 14.0. The summed E-state index contributed by atoms with van der Waals surface area (Å²) in [7, 11) is 0. The number of hydrogen-bond donors (Lipinski definition) is 2. The Morgan fingerprint density at radius 3 is 2.62 bits per heavy atom. The highest BCUT2D eigenvalue weighted by atomic mass is 16.5. The van der Waals surface area contributed by atoms with E-state index in [-0.39, 0.29) is 17.9 Å². The molecule has 0 radical (unpaired) electrons. The number of rotatable bonds is 9. The van der Waals surface area contributed by atoms with Crippen LogP contribution in [0.2, 0.25) is 0 Å². The molecule has 2 aromatic carbocycles. The standard InChI is InChI=1S/C23H28N2O4/c1-2-3-14-24-23(27)20-8-4-5-9-21(20)25-22(26)17-10-12-18(13-11-17)29-16-19-7-6-15-28-19/h4-5,8-13,19H,2-3,6-7,14-16H2,1H3,(H,24,27)(H,25,26). The lowest BCUT2D eigenvalue weighted by atomic mass is 10.1. The van der Waals surface area contributed by atoms with Crippen molar-refractivity contribution in [2.45, 2.75) is 38.7 Å². The first-order valence-electron chi connectivity index (χ1n) is 10.2. The molecule has 6 heteroatoms. The first kappa shape index (κ1) is 20.9. The number of carbonyl (C=O) groups is 2. The van der Waals surface area contributed by atoms with Gasteiger partial charge in [0.15, 0.2) is 0 Å². The van der Waals surface area contributed by atoms with Crippen molar-refractivity contribution in [1.82, 2.24) is 5.32 Å². The summed E-state index contributed by atoms with van der Waals surface area (Å²) in [4.78, 5) is 25.0. The molecule has 1 heterocycles. The number of unbranched alkanes of at least 4 members (excludes halogenated alkanes) is 1. The first-order valence-corrected chi connectivity index (χ1v) is 10.2. The largest absolute Gasteiger partial charge is 0.491 e. The quantitative estimate of drug-likeness (QED) is 0.628. The van der Waals surface area contributed by atoms with E-state index in [2.05, 4.69) is 17.6 Å². The second-order valence-electron chi connectivity index (χ2n) is 7.08. The van der Waals surface area contributed by atoms with Crippen LogP contribution in [0.4, 0.5) is 5.69 Å². The zero-order chi connectivity index (χ0) is 20.5. The predicted octanol–water partition coefficient (Wildman–Crippen LogP) is 4.03. The van der Waals surface area contributed by atoms with Crippen molar-refractivity contribution in [3.8, 4) is 5.75 Å². The minimum absolute atomic E-state index is 0.151. The van der Waals surface area contributed by atoms with E-state index in [9.17, 15) is 9.59 Å². The van der Waals surface area contributed by atoms with E-state index in [0.717, 1.165) is 32.3 Å². The molecule has 2 amide bonds. The Hall–Kier alpha value is -2.86. The van der Waals surface area contributed by atoms with Crippen LogP contribution in [-0.4, -0.2) is 37.7 Å². The number of anilines is 1. The SMILES string of the molecule is CCCCNC(=O)c1ccccc1NC(=O)c1ccc(OCC2CCCO2)cc1. The van der Waals surface area contributed by atoms with Gasteiger partial charge in [-0.25, -0.2) is 0 Å². The van der Waals surface area contributed by atoms with Crippen molar-refractivity contribution in [1.29, 1.82) is 0 Å². The van der Waals surface area contributed by atoms with Gasteiger partial charge in [0, 0.05) is 18.7 Å². The van der Waals surface area contributed by atoms with Crippen LogP contribution in [0.15, 0.2) is 48.5 Å². The van der Waals surface area contributed by atoms with Gasteiger partial charge in [-0.05, 0) is 55.7 Å². The first-order chi connectivity index (χ1) is 14.2. The molecule has 6 nitrogen and oxygen atoms in total. The molecule has 0 aliphatic carbocycles. The van der Waals surface area contributed by atoms with Crippen molar-refractivity contribution in [3.05, 3.63) is 59.7 Å². The summed E-state index contributed by atoms with van der Waals surface area (Å²) in [5, 5.41) is 5.71. The third kappa shape index (κ3) is 6.06. The normalized spacial score (nSPS) is 15.7. The molecule has 2 N–H and O–H groups in total.